The van der Waals surface area contributed by atoms with Gasteiger partial charge in [-0.2, -0.15) is 0 Å². The molecule has 0 radical (unpaired) electrons. The van der Waals surface area contributed by atoms with Gasteiger partial charge in [-0.3, -0.25) is 0 Å². The highest BCUT2D eigenvalue weighted by Crippen LogP contribution is 2.49. The monoisotopic (exact) mass is 198 g/mol. The highest BCUT2D eigenvalue weighted by molar-refractivity contribution is 5.23. The summed E-state index contributed by atoms with van der Waals surface area (Å²) in [6.07, 6.45) is -0.0839. The van der Waals surface area contributed by atoms with Gasteiger partial charge >= 0.3 is 0 Å². The van der Waals surface area contributed by atoms with Gasteiger partial charge in [0.25, 0.3) is 5.85 Å². The van der Waals surface area contributed by atoms with Gasteiger partial charge in [0, 0.05) is 6.42 Å². The van der Waals surface area contributed by atoms with Crippen molar-refractivity contribution in [2.75, 3.05) is 0 Å². The minimum absolute atomic E-state index is 0.500. The first-order chi connectivity index (χ1) is 5.63. The summed E-state index contributed by atoms with van der Waals surface area (Å²) in [6.45, 7) is 1.28. The fraction of sp³-hybridized carbons (Fsp3) is 0.750. The molecular weight excluding hydrogens is 188 g/mol. The number of hydrogen-bond acceptors (Lipinski definition) is 1. The Bertz CT molecular complexity index is 255. The zero-order valence-electron chi connectivity index (χ0n) is 7.24. The van der Waals surface area contributed by atoms with Crippen LogP contribution in [-0.2, 0) is 0 Å². The van der Waals surface area contributed by atoms with Crippen molar-refractivity contribution in [3.05, 3.63) is 11.9 Å². The molecule has 1 aliphatic carbocycles. The predicted molar refractivity (Wildman–Crippen MR) is 38.9 cm³/mol. The maximum absolute atomic E-state index is 13.4. The molecule has 13 heavy (non-hydrogen) atoms. The molecule has 0 fully saturated rings. The first kappa shape index (κ1) is 10.5. The summed E-state index contributed by atoms with van der Waals surface area (Å²) in [5, 5.41) is 8.78. The van der Waals surface area contributed by atoms with Crippen molar-refractivity contribution >= 4 is 0 Å². The van der Waals surface area contributed by atoms with E-state index in [9.17, 15) is 17.6 Å². The summed E-state index contributed by atoms with van der Waals surface area (Å²) in [6, 6.07) is 0. The van der Waals surface area contributed by atoms with Gasteiger partial charge in [-0.1, -0.05) is 0 Å². The molecule has 0 aromatic heterocycles. The van der Waals surface area contributed by atoms with Gasteiger partial charge < -0.3 is 5.11 Å². The van der Waals surface area contributed by atoms with Crippen LogP contribution >= 0.6 is 0 Å². The van der Waals surface area contributed by atoms with Crippen LogP contribution in [0.15, 0.2) is 11.9 Å². The number of halogens is 4. The molecule has 0 saturated heterocycles. The van der Waals surface area contributed by atoms with Crippen LogP contribution in [0.5, 0.6) is 0 Å². The molecule has 1 N–H and O–H groups in total. The van der Waals surface area contributed by atoms with Crippen molar-refractivity contribution in [2.45, 2.75) is 37.5 Å². The lowest BCUT2D eigenvalue weighted by atomic mass is 9.76. The molecule has 0 saturated carbocycles. The maximum atomic E-state index is 13.4. The van der Waals surface area contributed by atoms with Crippen LogP contribution in [0.4, 0.5) is 17.6 Å². The molecule has 0 amide bonds. The number of hydrogen-bond donors (Lipinski definition) is 1. The fourth-order valence-corrected chi connectivity index (χ4v) is 1.18. The Morgan fingerprint density at radius 1 is 1.31 bits per heavy atom. The molecule has 0 aromatic carbocycles. The summed E-state index contributed by atoms with van der Waals surface area (Å²) >= 11 is 0. The van der Waals surface area contributed by atoms with E-state index >= 15 is 0 Å². The van der Waals surface area contributed by atoms with E-state index in [1.807, 2.05) is 0 Å². The number of rotatable bonds is 0. The van der Waals surface area contributed by atoms with Crippen molar-refractivity contribution < 1.29 is 22.7 Å². The van der Waals surface area contributed by atoms with Crippen LogP contribution in [0.25, 0.3) is 0 Å². The molecule has 1 aliphatic rings. The minimum Gasteiger partial charge on any atom is -0.354 e. The third-order valence-electron chi connectivity index (χ3n) is 2.58. The largest absolute Gasteiger partial charge is 0.354 e. The second kappa shape index (κ2) is 2.47. The third-order valence-corrected chi connectivity index (χ3v) is 2.58. The first-order valence-electron chi connectivity index (χ1n) is 3.78. The second-order valence-electron chi connectivity index (χ2n) is 3.58. The topological polar surface area (TPSA) is 20.2 Å². The van der Waals surface area contributed by atoms with Crippen molar-refractivity contribution in [2.24, 2.45) is 0 Å². The van der Waals surface area contributed by atoms with Gasteiger partial charge in [-0.15, -0.1) is 0 Å². The molecule has 76 valence electrons. The van der Waals surface area contributed by atoms with E-state index in [1.165, 1.54) is 0 Å². The van der Waals surface area contributed by atoms with E-state index in [0.29, 0.717) is 13.0 Å². The lowest BCUT2D eigenvalue weighted by molar-refractivity contribution is -0.226. The lowest BCUT2D eigenvalue weighted by Crippen LogP contribution is -2.60. The second-order valence-corrected chi connectivity index (χ2v) is 3.58. The lowest BCUT2D eigenvalue weighted by Gasteiger charge is -2.42. The van der Waals surface area contributed by atoms with Crippen LogP contribution in [0.3, 0.4) is 0 Å². The molecule has 0 heterocycles. The number of alkyl halides is 3. The summed E-state index contributed by atoms with van der Waals surface area (Å²) in [5.74, 6) is -5.55. The smallest absolute Gasteiger partial charge is 0.296 e. The highest BCUT2D eigenvalue weighted by Gasteiger charge is 2.65. The van der Waals surface area contributed by atoms with Crippen LogP contribution in [-0.4, -0.2) is 22.3 Å². The molecule has 1 nitrogen and oxygen atoms in total. The van der Waals surface area contributed by atoms with E-state index < -0.39 is 29.4 Å². The van der Waals surface area contributed by atoms with Crippen LogP contribution in [0.1, 0.15) is 20.3 Å². The van der Waals surface area contributed by atoms with E-state index in [1.54, 1.807) is 0 Å². The Morgan fingerprint density at radius 2 is 1.77 bits per heavy atom. The van der Waals surface area contributed by atoms with Crippen LogP contribution < -0.4 is 0 Å². The van der Waals surface area contributed by atoms with Gasteiger partial charge in [0.2, 0.25) is 5.67 Å². The van der Waals surface area contributed by atoms with Gasteiger partial charge in [0.05, 0.1) is 0 Å². The molecule has 0 aromatic rings. The molecule has 1 rings (SSSR count). The summed E-state index contributed by atoms with van der Waals surface area (Å²) in [7, 11) is 0. The first-order valence-corrected chi connectivity index (χ1v) is 3.78. The van der Waals surface area contributed by atoms with Crippen molar-refractivity contribution in [1.29, 1.82) is 0 Å². The molecule has 0 spiro atoms. The van der Waals surface area contributed by atoms with Crippen molar-refractivity contribution in [3.8, 4) is 0 Å². The molecule has 5 heteroatoms. The van der Waals surface area contributed by atoms with Crippen molar-refractivity contribution in [3.63, 3.8) is 0 Å². The molecule has 0 aliphatic heterocycles. The third kappa shape index (κ3) is 1.17. The van der Waals surface area contributed by atoms with E-state index in [0.717, 1.165) is 6.92 Å². The quantitative estimate of drug-likeness (QED) is 0.592. The van der Waals surface area contributed by atoms with Gasteiger partial charge in [-0.05, 0) is 19.9 Å². The Kier molecular flexibility index (Phi) is 1.99. The molecule has 0 bridgehead atoms. The summed E-state index contributed by atoms with van der Waals surface area (Å²) < 4.78 is 52.4. The summed E-state index contributed by atoms with van der Waals surface area (Å²) in [4.78, 5) is 0. The Labute approximate surface area is 73.1 Å². The predicted octanol–water partition coefficient (Wildman–Crippen LogP) is 2.36. The Balaban J connectivity index is 3.23. The Hall–Kier alpha value is -0.580. The minimum atomic E-state index is -3.88. The van der Waals surface area contributed by atoms with E-state index in [-0.39, 0.29) is 0 Å². The van der Waals surface area contributed by atoms with Gasteiger partial charge in [0.15, 0.2) is 11.5 Å². The van der Waals surface area contributed by atoms with Crippen LogP contribution in [0, 0.1) is 0 Å². The standard InChI is InChI=1S/C8H10F4O/c1-6(10)4-3-5(9)8(12,13)7(6,2)11/h3,13H,4H2,1-2H3. The SMILES string of the molecule is CC1(F)CC=C(F)C(O)(F)C1(C)F. The average Bonchev–Trinajstić information content (AvgIpc) is 1.97. The molecular formula is C8H10F4O. The number of aliphatic hydroxyl groups is 1. The maximum Gasteiger partial charge on any atom is 0.296 e. The van der Waals surface area contributed by atoms with E-state index in [4.69, 9.17) is 5.11 Å². The van der Waals surface area contributed by atoms with Gasteiger partial charge in [0.1, 0.15) is 0 Å². The zero-order valence-corrected chi connectivity index (χ0v) is 7.24. The average molecular weight is 198 g/mol. The summed E-state index contributed by atoms with van der Waals surface area (Å²) in [5.41, 5.74) is -5.90. The zero-order chi connectivity index (χ0) is 10.5. The fourth-order valence-electron chi connectivity index (χ4n) is 1.18. The number of allylic oxidation sites excluding steroid dienone is 1. The van der Waals surface area contributed by atoms with Gasteiger partial charge in [-0.25, -0.2) is 17.6 Å². The van der Waals surface area contributed by atoms with E-state index in [2.05, 4.69) is 0 Å². The highest BCUT2D eigenvalue weighted by atomic mass is 19.2. The molecule has 3 atom stereocenters. The Morgan fingerprint density at radius 3 is 2.15 bits per heavy atom. The van der Waals surface area contributed by atoms with Crippen LogP contribution in [0.2, 0.25) is 0 Å². The normalized spacial score (nSPS) is 51.8. The van der Waals surface area contributed by atoms with Crippen molar-refractivity contribution in [1.82, 2.24) is 0 Å². The molecule has 3 unspecified atom stereocenters.